The minimum absolute atomic E-state index is 0.0114. The molecule has 0 aromatic carbocycles. The van der Waals surface area contributed by atoms with Crippen LogP contribution in [0.3, 0.4) is 0 Å². The highest BCUT2D eigenvalue weighted by Crippen LogP contribution is 2.47. The summed E-state index contributed by atoms with van der Waals surface area (Å²) in [6.45, 7) is 2.77. The van der Waals surface area contributed by atoms with Crippen LogP contribution in [0.5, 0.6) is 0 Å². The summed E-state index contributed by atoms with van der Waals surface area (Å²) in [6.07, 6.45) is -5.52. The quantitative estimate of drug-likeness (QED) is 0.639. The van der Waals surface area contributed by atoms with Crippen LogP contribution in [0.4, 0.5) is 22.0 Å². The van der Waals surface area contributed by atoms with Crippen molar-refractivity contribution in [2.45, 2.75) is 25.9 Å². The third-order valence-electron chi connectivity index (χ3n) is 1.93. The second kappa shape index (κ2) is 3.18. The molecule has 0 bridgehead atoms. The van der Waals surface area contributed by atoms with Crippen molar-refractivity contribution in [2.24, 2.45) is 0 Å². The maximum Gasteiger partial charge on any atom is 0.458 e. The highest BCUT2D eigenvalue weighted by atomic mass is 32.1. The van der Waals surface area contributed by atoms with E-state index in [1.165, 1.54) is 19.2 Å². The van der Waals surface area contributed by atoms with Crippen LogP contribution >= 0.6 is 11.3 Å². The Bertz CT molecular complexity index is 336. The van der Waals surface area contributed by atoms with Gasteiger partial charge in [-0.1, -0.05) is 0 Å². The lowest BCUT2D eigenvalue weighted by Crippen LogP contribution is -2.33. The molecule has 0 unspecified atom stereocenters. The predicted octanol–water partition coefficient (Wildman–Crippen LogP) is 4.02. The molecule has 0 aliphatic heterocycles. The summed E-state index contributed by atoms with van der Waals surface area (Å²) in [7, 11) is 0. The molecule has 0 saturated heterocycles. The van der Waals surface area contributed by atoms with E-state index in [-0.39, 0.29) is 5.56 Å². The highest BCUT2D eigenvalue weighted by Gasteiger charge is 2.60. The monoisotopic (exact) mass is 230 g/mol. The van der Waals surface area contributed by atoms with Crippen molar-refractivity contribution in [1.82, 2.24) is 0 Å². The lowest BCUT2D eigenvalue weighted by Gasteiger charge is -2.19. The van der Waals surface area contributed by atoms with Gasteiger partial charge in [-0.3, -0.25) is 0 Å². The summed E-state index contributed by atoms with van der Waals surface area (Å²) in [6, 6.07) is 0. The van der Waals surface area contributed by atoms with Crippen LogP contribution in [0.2, 0.25) is 0 Å². The molecule has 0 saturated carbocycles. The Labute approximate surface area is 81.4 Å². The van der Waals surface area contributed by atoms with Gasteiger partial charge in [0.05, 0.1) is 4.88 Å². The van der Waals surface area contributed by atoms with Crippen LogP contribution in [0.15, 0.2) is 5.38 Å². The molecule has 0 aliphatic rings. The van der Waals surface area contributed by atoms with Gasteiger partial charge in [0.1, 0.15) is 0 Å². The van der Waals surface area contributed by atoms with E-state index < -0.39 is 17.0 Å². The zero-order valence-corrected chi connectivity index (χ0v) is 8.19. The van der Waals surface area contributed by atoms with Gasteiger partial charge in [-0.15, -0.1) is 11.3 Å². The molecule has 0 spiro atoms. The first-order chi connectivity index (χ1) is 6.18. The van der Waals surface area contributed by atoms with E-state index in [0.29, 0.717) is 16.9 Å². The first-order valence-electron chi connectivity index (χ1n) is 3.67. The summed E-state index contributed by atoms with van der Waals surface area (Å²) in [5.41, 5.74) is 0.464. The van der Waals surface area contributed by atoms with Gasteiger partial charge < -0.3 is 0 Å². The number of thiophene rings is 1. The van der Waals surface area contributed by atoms with Crippen molar-refractivity contribution in [1.29, 1.82) is 0 Å². The van der Waals surface area contributed by atoms with Crippen molar-refractivity contribution >= 4 is 11.3 Å². The fraction of sp³-hybridized carbons (Fsp3) is 0.500. The second-order valence-corrected chi connectivity index (χ2v) is 3.82. The summed E-state index contributed by atoms with van der Waals surface area (Å²) in [5, 5.41) is 1.30. The first-order valence-corrected chi connectivity index (χ1v) is 4.55. The number of hydrogen-bond acceptors (Lipinski definition) is 1. The molecule has 0 N–H and O–H groups in total. The lowest BCUT2D eigenvalue weighted by molar-refractivity contribution is -0.288. The Morgan fingerprint density at radius 3 is 1.86 bits per heavy atom. The summed E-state index contributed by atoms with van der Waals surface area (Å²) < 4.78 is 61.5. The molecule has 0 nitrogen and oxygen atoms in total. The Kier molecular flexibility index (Phi) is 2.60. The highest BCUT2D eigenvalue weighted by molar-refractivity contribution is 7.10. The van der Waals surface area contributed by atoms with Crippen molar-refractivity contribution < 1.29 is 22.0 Å². The van der Waals surface area contributed by atoms with E-state index in [1.54, 1.807) is 0 Å². The van der Waals surface area contributed by atoms with E-state index in [1.807, 2.05) is 0 Å². The number of alkyl halides is 5. The molecule has 6 heteroatoms. The molecule has 1 heterocycles. The van der Waals surface area contributed by atoms with Crippen LogP contribution < -0.4 is 0 Å². The maximum atomic E-state index is 12.8. The summed E-state index contributed by atoms with van der Waals surface area (Å²) in [4.78, 5) is -0.914. The smallest absolute Gasteiger partial charge is 0.190 e. The number of halogens is 5. The molecular weight excluding hydrogens is 223 g/mol. The minimum Gasteiger partial charge on any atom is -0.190 e. The third kappa shape index (κ3) is 1.63. The Hall–Kier alpha value is -0.650. The zero-order valence-electron chi connectivity index (χ0n) is 7.38. The van der Waals surface area contributed by atoms with Gasteiger partial charge in [-0.2, -0.15) is 22.0 Å². The van der Waals surface area contributed by atoms with Crippen molar-refractivity contribution in [3.05, 3.63) is 21.4 Å². The van der Waals surface area contributed by atoms with Crippen molar-refractivity contribution in [3.8, 4) is 0 Å². The standard InChI is InChI=1S/C8H7F5S/c1-4-3-14-6(5(4)2)7(9,10)8(11,12)13/h3H,1-2H3. The normalized spacial score (nSPS) is 13.4. The maximum absolute atomic E-state index is 12.8. The van der Waals surface area contributed by atoms with E-state index in [0.717, 1.165) is 0 Å². The largest absolute Gasteiger partial charge is 0.458 e. The van der Waals surface area contributed by atoms with Crippen molar-refractivity contribution in [3.63, 3.8) is 0 Å². The van der Waals surface area contributed by atoms with E-state index in [9.17, 15) is 22.0 Å². The Morgan fingerprint density at radius 2 is 1.57 bits per heavy atom. The van der Waals surface area contributed by atoms with Gasteiger partial charge in [0.15, 0.2) is 0 Å². The topological polar surface area (TPSA) is 0 Å². The molecule has 0 amide bonds. The van der Waals surface area contributed by atoms with Gasteiger partial charge in [0.25, 0.3) is 0 Å². The molecule has 80 valence electrons. The Morgan fingerprint density at radius 1 is 1.07 bits per heavy atom. The van der Waals surface area contributed by atoms with Gasteiger partial charge >= 0.3 is 12.1 Å². The summed E-state index contributed by atoms with van der Waals surface area (Å²) >= 11 is 0.440. The molecule has 0 aliphatic carbocycles. The average Bonchev–Trinajstić information content (AvgIpc) is 2.30. The van der Waals surface area contributed by atoms with E-state index >= 15 is 0 Å². The third-order valence-corrected chi connectivity index (χ3v) is 3.20. The fourth-order valence-electron chi connectivity index (χ4n) is 0.941. The van der Waals surface area contributed by atoms with Gasteiger partial charge in [-0.25, -0.2) is 0 Å². The van der Waals surface area contributed by atoms with Gasteiger partial charge in [-0.05, 0) is 30.4 Å². The summed E-state index contributed by atoms with van der Waals surface area (Å²) in [5.74, 6) is -4.74. The number of aryl methyl sites for hydroxylation is 1. The van der Waals surface area contributed by atoms with E-state index in [4.69, 9.17) is 0 Å². The van der Waals surface area contributed by atoms with Gasteiger partial charge in [0.2, 0.25) is 0 Å². The lowest BCUT2D eigenvalue weighted by atomic mass is 10.1. The molecule has 0 radical (unpaired) electrons. The van der Waals surface area contributed by atoms with Crippen LogP contribution in [0.1, 0.15) is 16.0 Å². The Balaban J connectivity index is 3.23. The van der Waals surface area contributed by atoms with Crippen LogP contribution in [-0.2, 0) is 5.92 Å². The SMILES string of the molecule is Cc1csc(C(F)(F)C(F)(F)F)c1C. The molecule has 0 fully saturated rings. The minimum atomic E-state index is -5.52. The van der Waals surface area contributed by atoms with E-state index in [2.05, 4.69) is 0 Å². The van der Waals surface area contributed by atoms with Gasteiger partial charge in [0, 0.05) is 0 Å². The molecule has 14 heavy (non-hydrogen) atoms. The molecule has 1 aromatic rings. The van der Waals surface area contributed by atoms with Crippen LogP contribution in [0.25, 0.3) is 0 Å². The second-order valence-electron chi connectivity index (χ2n) is 2.94. The predicted molar refractivity (Wildman–Crippen MR) is 43.7 cm³/mol. The number of hydrogen-bond donors (Lipinski definition) is 0. The average molecular weight is 230 g/mol. The fourth-order valence-corrected chi connectivity index (χ4v) is 2.01. The van der Waals surface area contributed by atoms with Crippen LogP contribution in [0, 0.1) is 13.8 Å². The van der Waals surface area contributed by atoms with Crippen LogP contribution in [-0.4, -0.2) is 6.18 Å². The molecular formula is C8H7F5S. The molecule has 0 atom stereocenters. The zero-order chi connectivity index (χ0) is 11.1. The molecule has 1 rings (SSSR count). The molecule has 1 aromatic heterocycles. The van der Waals surface area contributed by atoms with Crippen molar-refractivity contribution in [2.75, 3.05) is 0 Å². The number of rotatable bonds is 1. The first kappa shape index (κ1) is 11.4.